The van der Waals surface area contributed by atoms with E-state index in [9.17, 15) is 5.11 Å². The highest BCUT2D eigenvalue weighted by molar-refractivity contribution is 5.60. The van der Waals surface area contributed by atoms with E-state index in [1.54, 1.807) is 6.07 Å². The van der Waals surface area contributed by atoms with Crippen LogP contribution in [0.1, 0.15) is 26.8 Å². The summed E-state index contributed by atoms with van der Waals surface area (Å²) in [4.78, 5) is 2.16. The third kappa shape index (κ3) is 2.41. The van der Waals surface area contributed by atoms with Crippen LogP contribution in [0.5, 0.6) is 5.75 Å². The molecule has 1 aromatic carbocycles. The highest BCUT2D eigenvalue weighted by atomic mass is 16.3. The molecule has 0 fully saturated rings. The fourth-order valence-electron chi connectivity index (χ4n) is 1.53. The minimum atomic E-state index is 0. The van der Waals surface area contributed by atoms with Gasteiger partial charge in [0.05, 0.1) is 0 Å². The molecule has 1 N–H and O–H groups in total. The fourth-order valence-corrected chi connectivity index (χ4v) is 1.53. The highest BCUT2D eigenvalue weighted by Gasteiger charge is 2.14. The third-order valence-corrected chi connectivity index (χ3v) is 2.20. The first-order chi connectivity index (χ1) is 6.27. The lowest BCUT2D eigenvalue weighted by Gasteiger charge is -2.11. The van der Waals surface area contributed by atoms with Gasteiger partial charge in [0.25, 0.3) is 0 Å². The van der Waals surface area contributed by atoms with Crippen LogP contribution >= 0.6 is 0 Å². The van der Waals surface area contributed by atoms with Crippen molar-refractivity contribution in [1.29, 1.82) is 0 Å². The van der Waals surface area contributed by atoms with Crippen LogP contribution in [-0.2, 0) is 6.42 Å². The molecule has 0 unspecified atom stereocenters. The molecule has 2 heteroatoms. The van der Waals surface area contributed by atoms with Crippen molar-refractivity contribution in [1.82, 2.24) is 0 Å². The molecule has 0 amide bonds. The van der Waals surface area contributed by atoms with Gasteiger partial charge < -0.3 is 10.0 Å². The van der Waals surface area contributed by atoms with E-state index in [4.69, 9.17) is 0 Å². The largest absolute Gasteiger partial charge is 0.508 e. The second-order valence-corrected chi connectivity index (χ2v) is 2.98. The molecule has 1 aromatic rings. The van der Waals surface area contributed by atoms with E-state index in [0.717, 1.165) is 13.0 Å². The number of anilines is 1. The first-order valence-electron chi connectivity index (χ1n) is 4.80. The van der Waals surface area contributed by atoms with Crippen molar-refractivity contribution in [2.24, 2.45) is 0 Å². The van der Waals surface area contributed by atoms with Gasteiger partial charge in [-0.1, -0.05) is 27.3 Å². The molecule has 14 heavy (non-hydrogen) atoms. The summed E-state index contributed by atoms with van der Waals surface area (Å²) in [6.07, 6.45) is 1.10. The molecule has 0 bridgehead atoms. The number of hydrogen-bond acceptors (Lipinski definition) is 2. The number of phenolic OH excluding ortho intramolecular Hbond substituents is 1. The Hall–Kier alpha value is -1.18. The maximum atomic E-state index is 9.19. The summed E-state index contributed by atoms with van der Waals surface area (Å²) >= 11 is 0. The molecule has 80 valence electrons. The van der Waals surface area contributed by atoms with E-state index >= 15 is 0 Å². The van der Waals surface area contributed by atoms with E-state index in [1.165, 1.54) is 11.3 Å². The standard InChI is InChI=1S/C9H11NO.C2H6.CH4/c1-10-5-4-7-2-3-8(11)6-9(7)10;1-2;/h2-3,6,11H,4-5H2,1H3;1-2H3;1H4. The van der Waals surface area contributed by atoms with Crippen molar-refractivity contribution in [3.63, 3.8) is 0 Å². The van der Waals surface area contributed by atoms with Crippen LogP contribution in [0, 0.1) is 0 Å². The summed E-state index contributed by atoms with van der Waals surface area (Å²) in [5.41, 5.74) is 2.51. The van der Waals surface area contributed by atoms with Crippen molar-refractivity contribution in [3.05, 3.63) is 23.8 Å². The van der Waals surface area contributed by atoms with Gasteiger partial charge in [-0.3, -0.25) is 0 Å². The average Bonchev–Trinajstić information content (AvgIpc) is 2.52. The maximum absolute atomic E-state index is 9.19. The van der Waals surface area contributed by atoms with Crippen LogP contribution in [0.4, 0.5) is 5.69 Å². The predicted molar refractivity (Wildman–Crippen MR) is 63.2 cm³/mol. The number of hydrogen-bond donors (Lipinski definition) is 1. The number of rotatable bonds is 0. The Labute approximate surface area is 87.2 Å². The Balaban J connectivity index is 0.000000531. The topological polar surface area (TPSA) is 23.5 Å². The van der Waals surface area contributed by atoms with E-state index in [-0.39, 0.29) is 7.43 Å². The zero-order valence-corrected chi connectivity index (χ0v) is 8.54. The molecule has 0 spiro atoms. The normalized spacial score (nSPS) is 12.4. The number of fused-ring (bicyclic) bond motifs is 1. The average molecular weight is 195 g/mol. The van der Waals surface area contributed by atoms with Gasteiger partial charge in [-0.15, -0.1) is 0 Å². The molecule has 2 rings (SSSR count). The molecule has 1 aliphatic heterocycles. The quantitative estimate of drug-likeness (QED) is 0.687. The summed E-state index contributed by atoms with van der Waals surface area (Å²) in [6.45, 7) is 5.07. The van der Waals surface area contributed by atoms with Crippen molar-refractivity contribution < 1.29 is 5.11 Å². The first-order valence-corrected chi connectivity index (χ1v) is 4.80. The Morgan fingerprint density at radius 1 is 1.29 bits per heavy atom. The lowest BCUT2D eigenvalue weighted by atomic mass is 10.1. The summed E-state index contributed by atoms with van der Waals surface area (Å²) < 4.78 is 0. The van der Waals surface area contributed by atoms with E-state index < -0.39 is 0 Å². The van der Waals surface area contributed by atoms with Crippen LogP contribution in [0.25, 0.3) is 0 Å². The molecule has 0 aromatic heterocycles. The number of aromatic hydroxyl groups is 1. The summed E-state index contributed by atoms with van der Waals surface area (Å²) in [5.74, 6) is 0.359. The van der Waals surface area contributed by atoms with Gasteiger partial charge >= 0.3 is 0 Å². The Bertz CT molecular complexity index is 284. The van der Waals surface area contributed by atoms with Gasteiger partial charge in [-0.05, 0) is 18.1 Å². The summed E-state index contributed by atoms with van der Waals surface area (Å²) in [6, 6.07) is 5.56. The highest BCUT2D eigenvalue weighted by Crippen LogP contribution is 2.29. The van der Waals surface area contributed by atoms with Gasteiger partial charge in [0.15, 0.2) is 0 Å². The molecule has 0 aliphatic carbocycles. The summed E-state index contributed by atoms with van der Waals surface area (Å²) in [7, 11) is 2.05. The van der Waals surface area contributed by atoms with Gasteiger partial charge in [-0.2, -0.15) is 0 Å². The molecular formula is C12H21NO. The van der Waals surface area contributed by atoms with E-state index in [0.29, 0.717) is 5.75 Å². The van der Waals surface area contributed by atoms with Crippen molar-refractivity contribution in [3.8, 4) is 5.75 Å². The minimum absolute atomic E-state index is 0. The fraction of sp³-hybridized carbons (Fsp3) is 0.500. The zero-order valence-electron chi connectivity index (χ0n) is 8.54. The Morgan fingerprint density at radius 3 is 2.57 bits per heavy atom. The SMILES string of the molecule is C.CC.CN1CCc2ccc(O)cc21. The Morgan fingerprint density at radius 2 is 1.93 bits per heavy atom. The molecule has 2 nitrogen and oxygen atoms in total. The molecule has 1 heterocycles. The molecule has 1 aliphatic rings. The van der Waals surface area contributed by atoms with Crippen molar-refractivity contribution in [2.75, 3.05) is 18.5 Å². The second-order valence-electron chi connectivity index (χ2n) is 2.98. The molecule has 0 atom stereocenters. The number of benzene rings is 1. The number of likely N-dealkylation sites (N-methyl/N-ethyl adjacent to an activating group) is 1. The van der Waals surface area contributed by atoms with Crippen LogP contribution in [-0.4, -0.2) is 18.7 Å². The van der Waals surface area contributed by atoms with E-state index in [2.05, 4.69) is 4.90 Å². The molecule has 0 radical (unpaired) electrons. The third-order valence-electron chi connectivity index (χ3n) is 2.20. The van der Waals surface area contributed by atoms with Crippen LogP contribution in [0.3, 0.4) is 0 Å². The van der Waals surface area contributed by atoms with Crippen LogP contribution in [0.2, 0.25) is 0 Å². The predicted octanol–water partition coefficient (Wildman–Crippen LogP) is 3.05. The summed E-state index contributed by atoms with van der Waals surface area (Å²) in [5, 5.41) is 9.19. The van der Waals surface area contributed by atoms with Crippen LogP contribution < -0.4 is 4.90 Å². The van der Waals surface area contributed by atoms with Crippen molar-refractivity contribution in [2.45, 2.75) is 27.7 Å². The minimum Gasteiger partial charge on any atom is -0.508 e. The van der Waals surface area contributed by atoms with Crippen LogP contribution in [0.15, 0.2) is 18.2 Å². The van der Waals surface area contributed by atoms with E-state index in [1.807, 2.05) is 33.0 Å². The number of nitrogens with zero attached hydrogens (tertiary/aromatic N) is 1. The number of phenols is 1. The lowest BCUT2D eigenvalue weighted by molar-refractivity contribution is 0.475. The molecule has 0 saturated heterocycles. The Kier molecular flexibility index (Phi) is 5.06. The first kappa shape index (κ1) is 12.8. The van der Waals surface area contributed by atoms with Gasteiger partial charge in [0, 0.05) is 25.3 Å². The van der Waals surface area contributed by atoms with Gasteiger partial charge in [-0.25, -0.2) is 0 Å². The van der Waals surface area contributed by atoms with Gasteiger partial charge in [0.2, 0.25) is 0 Å². The second kappa shape index (κ2) is 5.53. The zero-order chi connectivity index (χ0) is 9.84. The van der Waals surface area contributed by atoms with Crippen molar-refractivity contribution >= 4 is 5.69 Å². The monoisotopic (exact) mass is 195 g/mol. The maximum Gasteiger partial charge on any atom is 0.117 e. The van der Waals surface area contributed by atoms with Gasteiger partial charge in [0.1, 0.15) is 5.75 Å². The molecular weight excluding hydrogens is 174 g/mol. The molecule has 0 saturated carbocycles. The smallest absolute Gasteiger partial charge is 0.117 e. The lowest BCUT2D eigenvalue weighted by Crippen LogP contribution is -2.12.